The summed E-state index contributed by atoms with van der Waals surface area (Å²) in [5.41, 5.74) is 4.00. The number of anilines is 2. The third-order valence-corrected chi connectivity index (χ3v) is 7.06. The van der Waals surface area contributed by atoms with Crippen LogP contribution in [0.3, 0.4) is 0 Å². The molecule has 0 spiro atoms. The highest BCUT2D eigenvalue weighted by Gasteiger charge is 2.22. The van der Waals surface area contributed by atoms with Gasteiger partial charge in [-0.1, -0.05) is 43.8 Å². The second-order valence-corrected chi connectivity index (χ2v) is 9.44. The lowest BCUT2D eigenvalue weighted by atomic mass is 10.0. The molecule has 9 heteroatoms. The third kappa shape index (κ3) is 6.61. The first-order valence-electron chi connectivity index (χ1n) is 12.1. The maximum absolute atomic E-state index is 13.2. The van der Waals surface area contributed by atoms with E-state index in [1.165, 1.54) is 23.9 Å². The molecule has 3 aromatic rings. The van der Waals surface area contributed by atoms with Gasteiger partial charge in [0.1, 0.15) is 5.82 Å². The van der Waals surface area contributed by atoms with Gasteiger partial charge in [0.05, 0.1) is 24.9 Å². The first kappa shape index (κ1) is 25.2. The second-order valence-electron chi connectivity index (χ2n) is 8.50. The van der Waals surface area contributed by atoms with Crippen molar-refractivity contribution in [1.82, 2.24) is 14.8 Å². The van der Waals surface area contributed by atoms with Gasteiger partial charge in [-0.3, -0.25) is 4.79 Å². The number of amides is 1. The van der Waals surface area contributed by atoms with Crippen molar-refractivity contribution in [3.05, 3.63) is 65.2 Å². The van der Waals surface area contributed by atoms with Crippen molar-refractivity contribution < 1.29 is 13.9 Å². The minimum atomic E-state index is -0.276. The van der Waals surface area contributed by atoms with Crippen LogP contribution in [0.1, 0.15) is 43.6 Å². The van der Waals surface area contributed by atoms with E-state index in [1.807, 2.05) is 10.6 Å². The van der Waals surface area contributed by atoms with Crippen molar-refractivity contribution >= 4 is 29.0 Å². The molecule has 1 unspecified atom stereocenters. The highest BCUT2D eigenvalue weighted by Crippen LogP contribution is 2.25. The molecule has 35 heavy (non-hydrogen) atoms. The van der Waals surface area contributed by atoms with Crippen LogP contribution in [0.5, 0.6) is 0 Å². The molecular formula is C26H32FN5O2S. The van der Waals surface area contributed by atoms with E-state index in [0.717, 1.165) is 60.6 Å². The van der Waals surface area contributed by atoms with Crippen LogP contribution in [0.15, 0.2) is 47.6 Å². The molecule has 0 aliphatic carbocycles. The Morgan fingerprint density at radius 2 is 1.89 bits per heavy atom. The van der Waals surface area contributed by atoms with Crippen molar-refractivity contribution in [2.75, 3.05) is 23.0 Å². The van der Waals surface area contributed by atoms with Gasteiger partial charge in [-0.15, -0.1) is 10.2 Å². The van der Waals surface area contributed by atoms with Crippen LogP contribution in [-0.4, -0.2) is 39.1 Å². The fourth-order valence-corrected chi connectivity index (χ4v) is 4.96. The molecule has 1 amide bonds. The van der Waals surface area contributed by atoms with Gasteiger partial charge >= 0.3 is 0 Å². The molecule has 1 aliphatic heterocycles. The van der Waals surface area contributed by atoms with E-state index in [0.29, 0.717) is 18.2 Å². The molecule has 2 N–H and O–H groups in total. The molecule has 0 radical (unpaired) electrons. The maximum Gasteiger partial charge on any atom is 0.234 e. The summed E-state index contributed by atoms with van der Waals surface area (Å²) in [5, 5.41) is 15.8. The average Bonchev–Trinajstić information content (AvgIpc) is 3.53. The lowest BCUT2D eigenvalue weighted by Gasteiger charge is -2.16. The highest BCUT2D eigenvalue weighted by molar-refractivity contribution is 7.99. The maximum atomic E-state index is 13.2. The normalized spacial score (nSPS) is 15.3. The number of nitrogens with one attached hydrogen (secondary N) is 2. The zero-order valence-corrected chi connectivity index (χ0v) is 21.0. The molecule has 1 fully saturated rings. The Bertz CT molecular complexity index is 1110. The predicted octanol–water partition coefficient (Wildman–Crippen LogP) is 5.06. The smallest absolute Gasteiger partial charge is 0.234 e. The SMILES string of the molecule is CCc1cccc(CC)c1NC(=O)CSc1nnc(CNc2ccc(F)cc2)n1CC1CCCO1. The Kier molecular flexibility index (Phi) is 8.76. The number of benzene rings is 2. The van der Waals surface area contributed by atoms with E-state index in [2.05, 4.69) is 46.8 Å². The van der Waals surface area contributed by atoms with Crippen molar-refractivity contribution in [3.63, 3.8) is 0 Å². The number of ether oxygens (including phenoxy) is 1. The summed E-state index contributed by atoms with van der Waals surface area (Å²) in [7, 11) is 0. The van der Waals surface area contributed by atoms with Gasteiger partial charge in [0.25, 0.3) is 0 Å². The summed E-state index contributed by atoms with van der Waals surface area (Å²) in [5.74, 6) is 0.637. The lowest BCUT2D eigenvalue weighted by molar-refractivity contribution is -0.113. The third-order valence-electron chi connectivity index (χ3n) is 6.09. The van der Waals surface area contributed by atoms with E-state index >= 15 is 0 Å². The van der Waals surface area contributed by atoms with Gasteiger partial charge in [0.2, 0.25) is 5.91 Å². The largest absolute Gasteiger partial charge is 0.378 e. The summed E-state index contributed by atoms with van der Waals surface area (Å²) in [6.07, 6.45) is 3.85. The summed E-state index contributed by atoms with van der Waals surface area (Å²) >= 11 is 1.37. The van der Waals surface area contributed by atoms with E-state index in [-0.39, 0.29) is 23.6 Å². The van der Waals surface area contributed by atoms with Crippen LogP contribution in [-0.2, 0) is 35.5 Å². The fourth-order valence-electron chi connectivity index (χ4n) is 4.19. The minimum absolute atomic E-state index is 0.0664. The van der Waals surface area contributed by atoms with Crippen LogP contribution in [0.25, 0.3) is 0 Å². The Hall–Kier alpha value is -2.91. The lowest BCUT2D eigenvalue weighted by Crippen LogP contribution is -2.20. The first-order chi connectivity index (χ1) is 17.1. The van der Waals surface area contributed by atoms with Crippen LogP contribution in [0.4, 0.5) is 15.8 Å². The molecule has 186 valence electrons. The number of hydrogen-bond acceptors (Lipinski definition) is 6. The first-order valence-corrected chi connectivity index (χ1v) is 13.1. The Morgan fingerprint density at radius 1 is 1.14 bits per heavy atom. The topological polar surface area (TPSA) is 81.1 Å². The number of halogens is 1. The molecule has 2 aromatic carbocycles. The van der Waals surface area contributed by atoms with Gasteiger partial charge in [0, 0.05) is 18.0 Å². The molecule has 1 aliphatic rings. The number of hydrogen-bond donors (Lipinski definition) is 2. The molecule has 2 heterocycles. The standard InChI is InChI=1S/C26H32FN5O2S/c1-3-18-7-5-8-19(4-2)25(18)29-24(33)17-35-26-31-30-23(32(26)16-22-9-6-14-34-22)15-28-21-12-10-20(27)11-13-21/h5,7-8,10-13,22,28H,3-4,6,9,14-17H2,1-2H3,(H,29,33). The van der Waals surface area contributed by atoms with Crippen LogP contribution in [0, 0.1) is 5.82 Å². The van der Waals surface area contributed by atoms with Crippen molar-refractivity contribution in [1.29, 1.82) is 0 Å². The zero-order chi connectivity index (χ0) is 24.6. The molecule has 0 saturated carbocycles. The van der Waals surface area contributed by atoms with E-state index < -0.39 is 0 Å². The summed E-state index contributed by atoms with van der Waals surface area (Å²) in [6, 6.07) is 12.4. The van der Waals surface area contributed by atoms with Gasteiger partial charge in [0.15, 0.2) is 11.0 Å². The summed E-state index contributed by atoms with van der Waals surface area (Å²) in [4.78, 5) is 12.9. The molecule has 7 nitrogen and oxygen atoms in total. The van der Waals surface area contributed by atoms with Crippen molar-refractivity contribution in [2.24, 2.45) is 0 Å². The number of para-hydroxylation sites is 1. The predicted molar refractivity (Wildman–Crippen MR) is 137 cm³/mol. The quantitative estimate of drug-likeness (QED) is 0.360. The van der Waals surface area contributed by atoms with Crippen LogP contribution < -0.4 is 10.6 Å². The summed E-state index contributed by atoms with van der Waals surface area (Å²) in [6.45, 7) is 6.01. The minimum Gasteiger partial charge on any atom is -0.378 e. The second kappa shape index (κ2) is 12.2. The van der Waals surface area contributed by atoms with Gasteiger partial charge in [-0.2, -0.15) is 0 Å². The van der Waals surface area contributed by atoms with E-state index in [9.17, 15) is 9.18 Å². The fraction of sp³-hybridized carbons (Fsp3) is 0.423. The molecule has 0 bridgehead atoms. The monoisotopic (exact) mass is 497 g/mol. The number of aryl methyl sites for hydroxylation is 2. The zero-order valence-electron chi connectivity index (χ0n) is 20.2. The van der Waals surface area contributed by atoms with Crippen LogP contribution in [0.2, 0.25) is 0 Å². The van der Waals surface area contributed by atoms with Gasteiger partial charge in [-0.05, 0) is 61.1 Å². The molecule has 1 aromatic heterocycles. The number of nitrogens with zero attached hydrogens (tertiary/aromatic N) is 3. The Balaban J connectivity index is 1.44. The number of carbonyl (C=O) groups is 1. The number of rotatable bonds is 11. The Labute approximate surface area is 209 Å². The van der Waals surface area contributed by atoms with Crippen molar-refractivity contribution in [3.8, 4) is 0 Å². The van der Waals surface area contributed by atoms with E-state index in [1.54, 1.807) is 12.1 Å². The molecular weight excluding hydrogens is 465 g/mol. The molecule has 1 saturated heterocycles. The van der Waals surface area contributed by atoms with Gasteiger partial charge in [-0.25, -0.2) is 4.39 Å². The summed E-state index contributed by atoms with van der Waals surface area (Å²) < 4.78 is 21.1. The number of aromatic nitrogens is 3. The number of thioether (sulfide) groups is 1. The van der Waals surface area contributed by atoms with Crippen molar-refractivity contribution in [2.45, 2.75) is 63.9 Å². The molecule has 1 atom stereocenters. The van der Waals surface area contributed by atoms with E-state index in [4.69, 9.17) is 4.74 Å². The Morgan fingerprint density at radius 3 is 2.54 bits per heavy atom. The average molecular weight is 498 g/mol. The highest BCUT2D eigenvalue weighted by atomic mass is 32.2. The van der Waals surface area contributed by atoms with Crippen LogP contribution >= 0.6 is 11.8 Å². The molecule has 4 rings (SSSR count). The number of carbonyl (C=O) groups excluding carboxylic acids is 1. The van der Waals surface area contributed by atoms with Gasteiger partial charge < -0.3 is 19.9 Å².